The van der Waals surface area contributed by atoms with E-state index in [4.69, 9.17) is 9.47 Å². The number of hydrogen-bond donors (Lipinski definition) is 0. The van der Waals surface area contributed by atoms with Crippen molar-refractivity contribution in [3.05, 3.63) is 65.7 Å². The van der Waals surface area contributed by atoms with E-state index in [1.807, 2.05) is 37.3 Å². The summed E-state index contributed by atoms with van der Waals surface area (Å²) in [5.41, 5.74) is 1.41. The maximum Gasteiger partial charge on any atom is 0.317 e. The number of hydrogen-bond acceptors (Lipinski definition) is 4. The van der Waals surface area contributed by atoms with E-state index in [2.05, 4.69) is 0 Å². The van der Waals surface area contributed by atoms with Gasteiger partial charge in [0.05, 0.1) is 13.7 Å². The molecule has 0 bridgehead atoms. The summed E-state index contributed by atoms with van der Waals surface area (Å²) < 4.78 is 10.4. The van der Waals surface area contributed by atoms with Crippen molar-refractivity contribution in [3.63, 3.8) is 0 Å². The third-order valence-electron chi connectivity index (χ3n) is 4.00. The van der Waals surface area contributed by atoms with Crippen molar-refractivity contribution in [1.29, 1.82) is 0 Å². The normalized spacial score (nSPS) is 11.6. The molecule has 4 nitrogen and oxygen atoms in total. The van der Waals surface area contributed by atoms with E-state index >= 15 is 0 Å². The summed E-state index contributed by atoms with van der Waals surface area (Å²) in [4.78, 5) is 25.4. The van der Waals surface area contributed by atoms with Crippen LogP contribution in [0.5, 0.6) is 5.75 Å². The minimum Gasteiger partial charge on any atom is -0.497 e. The summed E-state index contributed by atoms with van der Waals surface area (Å²) in [6.07, 6.45) is 2.06. The minimum atomic E-state index is -0.840. The molecule has 0 aliphatic carbocycles. The Labute approximate surface area is 148 Å². The molecule has 4 heteroatoms. The number of Topliss-reactive ketones (excluding diaryl/α,β-unsaturated/α-hetero) is 1. The molecule has 0 aromatic heterocycles. The number of benzene rings is 2. The Balaban J connectivity index is 2.19. The number of ether oxygens (including phenoxy) is 2. The van der Waals surface area contributed by atoms with Crippen LogP contribution in [0.2, 0.25) is 0 Å². The van der Waals surface area contributed by atoms with Gasteiger partial charge in [-0.15, -0.1) is 0 Å². The fourth-order valence-corrected chi connectivity index (χ4v) is 2.51. The Morgan fingerprint density at radius 2 is 1.68 bits per heavy atom. The molecule has 0 fully saturated rings. The number of methoxy groups -OCH3 is 1. The van der Waals surface area contributed by atoms with Gasteiger partial charge in [0.1, 0.15) is 11.7 Å². The molecule has 1 unspecified atom stereocenters. The van der Waals surface area contributed by atoms with Gasteiger partial charge in [-0.05, 0) is 42.7 Å². The topological polar surface area (TPSA) is 52.6 Å². The fraction of sp³-hybridized carbons (Fsp3) is 0.333. The molecule has 0 radical (unpaired) electrons. The number of esters is 1. The monoisotopic (exact) mass is 340 g/mol. The first kappa shape index (κ1) is 18.7. The molecule has 0 aliphatic rings. The Morgan fingerprint density at radius 1 is 1.00 bits per heavy atom. The molecule has 0 spiro atoms. The summed E-state index contributed by atoms with van der Waals surface area (Å²) >= 11 is 0. The van der Waals surface area contributed by atoms with Gasteiger partial charge in [0.15, 0.2) is 5.78 Å². The van der Waals surface area contributed by atoms with E-state index in [0.717, 1.165) is 18.4 Å². The molecule has 2 aromatic carbocycles. The molecule has 25 heavy (non-hydrogen) atoms. The maximum atomic E-state index is 12.9. The van der Waals surface area contributed by atoms with E-state index in [1.54, 1.807) is 31.4 Å². The lowest BCUT2D eigenvalue weighted by Crippen LogP contribution is -2.28. The zero-order valence-electron chi connectivity index (χ0n) is 14.7. The van der Waals surface area contributed by atoms with Crippen LogP contribution in [-0.2, 0) is 16.0 Å². The Kier molecular flexibility index (Phi) is 7.20. The first-order valence-electron chi connectivity index (χ1n) is 8.54. The van der Waals surface area contributed by atoms with Crippen LogP contribution in [-0.4, -0.2) is 25.5 Å². The maximum absolute atomic E-state index is 12.9. The van der Waals surface area contributed by atoms with Crippen LogP contribution in [0.25, 0.3) is 0 Å². The van der Waals surface area contributed by atoms with Gasteiger partial charge in [0.25, 0.3) is 0 Å². The lowest BCUT2D eigenvalue weighted by atomic mass is 9.91. The fourth-order valence-electron chi connectivity index (χ4n) is 2.51. The van der Waals surface area contributed by atoms with Crippen molar-refractivity contribution in [3.8, 4) is 5.75 Å². The molecule has 2 rings (SSSR count). The van der Waals surface area contributed by atoms with Gasteiger partial charge < -0.3 is 9.47 Å². The van der Waals surface area contributed by atoms with E-state index in [-0.39, 0.29) is 5.78 Å². The molecule has 0 heterocycles. The largest absolute Gasteiger partial charge is 0.497 e. The van der Waals surface area contributed by atoms with E-state index in [1.165, 1.54) is 0 Å². The highest BCUT2D eigenvalue weighted by molar-refractivity contribution is 6.08. The summed E-state index contributed by atoms with van der Waals surface area (Å²) in [5, 5.41) is 0. The summed E-state index contributed by atoms with van der Waals surface area (Å²) in [6.45, 7) is 2.37. The molecule has 0 saturated carbocycles. The average Bonchev–Trinajstić information content (AvgIpc) is 2.66. The SMILES string of the molecule is CCCCOC(=O)C(Cc1ccccc1)C(=O)c1ccc(OC)cc1. The number of ketones is 1. The predicted molar refractivity (Wildman–Crippen MR) is 96.8 cm³/mol. The second-order valence-electron chi connectivity index (χ2n) is 5.86. The molecular formula is C21H24O4. The average molecular weight is 340 g/mol. The third kappa shape index (κ3) is 5.45. The van der Waals surface area contributed by atoms with Gasteiger partial charge in [-0.25, -0.2) is 0 Å². The molecule has 0 aliphatic heterocycles. The lowest BCUT2D eigenvalue weighted by molar-refractivity contribution is -0.146. The van der Waals surface area contributed by atoms with Crippen LogP contribution in [0, 0.1) is 5.92 Å². The summed E-state index contributed by atoms with van der Waals surface area (Å²) in [5.74, 6) is -0.861. The molecule has 0 N–H and O–H groups in total. The summed E-state index contributed by atoms with van der Waals surface area (Å²) in [6, 6.07) is 16.3. The van der Waals surface area contributed by atoms with Crippen LogP contribution in [0.15, 0.2) is 54.6 Å². The Hall–Kier alpha value is -2.62. The molecule has 0 amide bonds. The first-order chi connectivity index (χ1) is 12.2. The van der Waals surface area contributed by atoms with Gasteiger partial charge >= 0.3 is 5.97 Å². The third-order valence-corrected chi connectivity index (χ3v) is 4.00. The smallest absolute Gasteiger partial charge is 0.317 e. The number of rotatable bonds is 9. The van der Waals surface area contributed by atoms with Crippen molar-refractivity contribution in [2.24, 2.45) is 5.92 Å². The predicted octanol–water partition coefficient (Wildman–Crippen LogP) is 4.08. The zero-order valence-corrected chi connectivity index (χ0v) is 14.7. The highest BCUT2D eigenvalue weighted by Gasteiger charge is 2.29. The first-order valence-corrected chi connectivity index (χ1v) is 8.54. The van der Waals surface area contributed by atoms with Gasteiger partial charge in [0.2, 0.25) is 0 Å². The van der Waals surface area contributed by atoms with Crippen molar-refractivity contribution in [1.82, 2.24) is 0 Å². The van der Waals surface area contributed by atoms with Crippen molar-refractivity contribution in [2.75, 3.05) is 13.7 Å². The molecular weight excluding hydrogens is 316 g/mol. The van der Waals surface area contributed by atoms with Gasteiger partial charge in [-0.3, -0.25) is 9.59 Å². The van der Waals surface area contributed by atoms with E-state index in [0.29, 0.717) is 24.3 Å². The van der Waals surface area contributed by atoms with Gasteiger partial charge in [-0.2, -0.15) is 0 Å². The Morgan fingerprint density at radius 3 is 2.28 bits per heavy atom. The molecule has 132 valence electrons. The number of unbranched alkanes of at least 4 members (excludes halogenated alkanes) is 1. The minimum absolute atomic E-state index is 0.229. The summed E-state index contributed by atoms with van der Waals surface area (Å²) in [7, 11) is 1.57. The second kappa shape index (κ2) is 9.62. The number of carbonyl (C=O) groups excluding carboxylic acids is 2. The van der Waals surface area contributed by atoms with Crippen molar-refractivity contribution >= 4 is 11.8 Å². The van der Waals surface area contributed by atoms with E-state index < -0.39 is 11.9 Å². The van der Waals surface area contributed by atoms with Crippen LogP contribution in [0.1, 0.15) is 35.7 Å². The molecule has 2 aromatic rings. The van der Waals surface area contributed by atoms with Crippen LogP contribution in [0.4, 0.5) is 0 Å². The highest BCUT2D eigenvalue weighted by Crippen LogP contribution is 2.19. The van der Waals surface area contributed by atoms with Crippen molar-refractivity contribution in [2.45, 2.75) is 26.2 Å². The van der Waals surface area contributed by atoms with Crippen LogP contribution >= 0.6 is 0 Å². The Bertz CT molecular complexity index is 677. The number of carbonyl (C=O) groups is 2. The van der Waals surface area contributed by atoms with Gasteiger partial charge in [0, 0.05) is 5.56 Å². The molecule has 1 atom stereocenters. The second-order valence-corrected chi connectivity index (χ2v) is 5.86. The van der Waals surface area contributed by atoms with Gasteiger partial charge in [-0.1, -0.05) is 43.7 Å². The van der Waals surface area contributed by atoms with E-state index in [9.17, 15) is 9.59 Å². The standard InChI is InChI=1S/C21H24O4/c1-3-4-14-25-21(23)19(15-16-8-6-5-7-9-16)20(22)17-10-12-18(24-2)13-11-17/h5-13,19H,3-4,14-15H2,1-2H3. The zero-order chi connectivity index (χ0) is 18.1. The van der Waals surface area contributed by atoms with Crippen molar-refractivity contribution < 1.29 is 19.1 Å². The lowest BCUT2D eigenvalue weighted by Gasteiger charge is -2.15. The highest BCUT2D eigenvalue weighted by atomic mass is 16.5. The van der Waals surface area contributed by atoms with Crippen LogP contribution in [0.3, 0.4) is 0 Å². The van der Waals surface area contributed by atoms with Crippen LogP contribution < -0.4 is 4.74 Å². The molecule has 0 saturated heterocycles. The quantitative estimate of drug-likeness (QED) is 0.299.